The summed E-state index contributed by atoms with van der Waals surface area (Å²) in [6, 6.07) is 25.6. The highest BCUT2D eigenvalue weighted by Crippen LogP contribution is 2.39. The number of aliphatic hydroxyl groups excluding tert-OH is 1. The summed E-state index contributed by atoms with van der Waals surface area (Å²) >= 11 is 1.48. The second kappa shape index (κ2) is 13.8. The molecule has 12 heteroatoms. The highest BCUT2D eigenvalue weighted by atomic mass is 32.2. The van der Waals surface area contributed by atoms with E-state index in [0.29, 0.717) is 29.4 Å². The number of ether oxygens (including phenoxy) is 2. The zero-order chi connectivity index (χ0) is 30.3. The van der Waals surface area contributed by atoms with E-state index >= 15 is 0 Å². The molecule has 6 rings (SSSR count). The van der Waals surface area contributed by atoms with E-state index in [4.69, 9.17) is 9.47 Å². The van der Waals surface area contributed by atoms with Gasteiger partial charge >= 0.3 is 0 Å². The minimum absolute atomic E-state index is 0.0262. The first-order chi connectivity index (χ1) is 21.6. The number of nitrogens with zero attached hydrogens (tertiary/aromatic N) is 5. The molecule has 3 atom stereocenters. The maximum absolute atomic E-state index is 12.4. The predicted octanol–water partition coefficient (Wildman–Crippen LogP) is 4.52. The first-order valence-corrected chi connectivity index (χ1v) is 15.0. The number of amides is 1. The van der Waals surface area contributed by atoms with Crippen LogP contribution in [0.3, 0.4) is 0 Å². The second-order valence-corrected chi connectivity index (χ2v) is 11.2. The number of aromatic nitrogens is 5. The Kier molecular flexibility index (Phi) is 9.22. The number of rotatable bonds is 10. The van der Waals surface area contributed by atoms with Gasteiger partial charge in [0.15, 0.2) is 6.29 Å². The van der Waals surface area contributed by atoms with Crippen molar-refractivity contribution in [3.8, 4) is 11.4 Å². The molecule has 224 valence electrons. The van der Waals surface area contributed by atoms with Gasteiger partial charge in [0.2, 0.25) is 5.16 Å². The first kappa shape index (κ1) is 29.5. The van der Waals surface area contributed by atoms with E-state index < -0.39 is 6.29 Å². The van der Waals surface area contributed by atoms with Crippen LogP contribution >= 0.6 is 11.8 Å². The lowest BCUT2D eigenvalue weighted by Crippen LogP contribution is -2.31. The molecule has 1 aliphatic rings. The molecule has 1 fully saturated rings. The van der Waals surface area contributed by atoms with Gasteiger partial charge in [-0.2, -0.15) is 4.68 Å². The summed E-state index contributed by atoms with van der Waals surface area (Å²) in [5.74, 6) is 0.549. The number of carbonyl (C=O) groups is 1. The van der Waals surface area contributed by atoms with Crippen molar-refractivity contribution in [3.05, 3.63) is 125 Å². The Labute approximate surface area is 257 Å². The van der Waals surface area contributed by atoms with Gasteiger partial charge in [-0.25, -0.2) is 0 Å². The van der Waals surface area contributed by atoms with Crippen LogP contribution in [-0.4, -0.2) is 53.2 Å². The van der Waals surface area contributed by atoms with Crippen LogP contribution in [0.25, 0.3) is 5.69 Å². The lowest BCUT2D eigenvalue weighted by atomic mass is 10.0. The van der Waals surface area contributed by atoms with Gasteiger partial charge in [-0.05, 0) is 63.5 Å². The molecule has 3 aromatic carbocycles. The normalized spacial score (nSPS) is 18.2. The van der Waals surface area contributed by atoms with Crippen molar-refractivity contribution in [2.75, 3.05) is 5.75 Å². The molecule has 0 saturated carbocycles. The lowest BCUT2D eigenvalue weighted by molar-refractivity contribution is -0.245. The predicted molar refractivity (Wildman–Crippen MR) is 162 cm³/mol. The third kappa shape index (κ3) is 7.12. The molecule has 44 heavy (non-hydrogen) atoms. The number of benzene rings is 3. The molecule has 11 nitrogen and oxygen atoms in total. The number of hydrogen-bond acceptors (Lipinski definition) is 10. The highest BCUT2D eigenvalue weighted by Gasteiger charge is 2.32. The van der Waals surface area contributed by atoms with Gasteiger partial charge in [0.25, 0.3) is 5.91 Å². The molecule has 0 spiro atoms. The van der Waals surface area contributed by atoms with E-state index in [1.165, 1.54) is 18.0 Å². The fourth-order valence-corrected chi connectivity index (χ4v) is 5.70. The molecule has 0 radical (unpaired) electrons. The Morgan fingerprint density at radius 3 is 2.43 bits per heavy atom. The average Bonchev–Trinajstić information content (AvgIpc) is 3.56. The molecule has 5 aromatic rings. The minimum Gasteiger partial charge on any atom is -0.508 e. The van der Waals surface area contributed by atoms with Crippen molar-refractivity contribution in [2.24, 2.45) is 0 Å². The van der Waals surface area contributed by atoms with Gasteiger partial charge in [0, 0.05) is 36.7 Å². The van der Waals surface area contributed by atoms with Gasteiger partial charge in [-0.3, -0.25) is 9.78 Å². The number of nitrogens with one attached hydrogen (secondary N) is 1. The number of carbonyl (C=O) groups excluding carboxylic acids is 1. The molecule has 1 aliphatic heterocycles. The Hall–Kier alpha value is -4.62. The number of thioether (sulfide) groups is 1. The van der Waals surface area contributed by atoms with Crippen molar-refractivity contribution >= 4 is 17.7 Å². The number of hydrogen-bond donors (Lipinski definition) is 3. The number of aliphatic hydroxyl groups is 1. The largest absolute Gasteiger partial charge is 0.508 e. The lowest BCUT2D eigenvalue weighted by Gasteiger charge is -2.36. The smallest absolute Gasteiger partial charge is 0.253 e. The van der Waals surface area contributed by atoms with Crippen LogP contribution in [0.1, 0.15) is 51.4 Å². The van der Waals surface area contributed by atoms with Crippen molar-refractivity contribution in [1.82, 2.24) is 30.5 Å². The van der Waals surface area contributed by atoms with Crippen molar-refractivity contribution in [2.45, 2.75) is 43.2 Å². The zero-order valence-corrected chi connectivity index (χ0v) is 24.4. The van der Waals surface area contributed by atoms with Gasteiger partial charge in [0.05, 0.1) is 30.1 Å². The molecule has 0 bridgehead atoms. The number of phenolic OH excluding ortho intramolecular Hbond substituents is 1. The molecule has 3 N–H and O–H groups in total. The summed E-state index contributed by atoms with van der Waals surface area (Å²) < 4.78 is 14.5. The summed E-state index contributed by atoms with van der Waals surface area (Å²) in [5.41, 5.74) is 4.86. The van der Waals surface area contributed by atoms with Crippen LogP contribution in [0.4, 0.5) is 0 Å². The molecular formula is C32H30N6O5S. The summed E-state index contributed by atoms with van der Waals surface area (Å²) in [6.07, 6.45) is 2.73. The number of aromatic hydroxyl groups is 1. The van der Waals surface area contributed by atoms with E-state index in [2.05, 4.69) is 25.8 Å². The number of tetrazole rings is 1. The highest BCUT2D eigenvalue weighted by molar-refractivity contribution is 7.99. The van der Waals surface area contributed by atoms with E-state index in [0.717, 1.165) is 27.9 Å². The minimum atomic E-state index is -0.621. The van der Waals surface area contributed by atoms with Crippen LogP contribution in [0, 0.1) is 0 Å². The Morgan fingerprint density at radius 1 is 0.955 bits per heavy atom. The Morgan fingerprint density at radius 2 is 1.70 bits per heavy atom. The maximum atomic E-state index is 12.4. The standard InChI is InChI=1S/C32H30N6O5S/c39-19-22-5-7-23(8-6-22)29-16-28(20-44-32-35-36-37-38(32)26-11-13-27(40)14-12-26)42-31(43-29)24-9-3-21(4-10-24)17-34-30(41)25-2-1-15-33-18-25/h1-15,18,28-29,31,39-40H,16-17,19-20H2,(H,34,41). The van der Waals surface area contributed by atoms with E-state index in [1.807, 2.05) is 48.5 Å². The zero-order valence-electron chi connectivity index (χ0n) is 23.6. The quantitative estimate of drug-likeness (QED) is 0.193. The summed E-state index contributed by atoms with van der Waals surface area (Å²) in [7, 11) is 0. The molecule has 2 aromatic heterocycles. The fourth-order valence-electron chi connectivity index (χ4n) is 4.79. The van der Waals surface area contributed by atoms with Crippen LogP contribution < -0.4 is 5.32 Å². The van der Waals surface area contributed by atoms with E-state index in [9.17, 15) is 15.0 Å². The van der Waals surface area contributed by atoms with Crippen LogP contribution in [0.5, 0.6) is 5.75 Å². The Balaban J connectivity index is 1.16. The van der Waals surface area contributed by atoms with Crippen molar-refractivity contribution in [1.29, 1.82) is 0 Å². The second-order valence-electron chi connectivity index (χ2n) is 10.2. The molecule has 1 amide bonds. The monoisotopic (exact) mass is 610 g/mol. The summed E-state index contributed by atoms with van der Waals surface area (Å²) in [6.45, 7) is 0.344. The SMILES string of the molecule is O=C(NCc1ccc(C2OC(CSc3nnnn3-c3ccc(O)cc3)CC(c3ccc(CO)cc3)O2)cc1)c1cccnc1. The third-order valence-corrected chi connectivity index (χ3v) is 8.23. The van der Waals surface area contributed by atoms with Crippen LogP contribution in [0.15, 0.2) is 102 Å². The molecule has 1 saturated heterocycles. The topological polar surface area (TPSA) is 145 Å². The van der Waals surface area contributed by atoms with Crippen molar-refractivity contribution in [3.63, 3.8) is 0 Å². The van der Waals surface area contributed by atoms with E-state index in [-0.39, 0.29) is 30.5 Å². The van der Waals surface area contributed by atoms with Gasteiger partial charge in [-0.1, -0.05) is 60.3 Å². The van der Waals surface area contributed by atoms with Crippen LogP contribution in [-0.2, 0) is 22.6 Å². The molecule has 3 unspecified atom stereocenters. The molecular weight excluding hydrogens is 580 g/mol. The number of pyridine rings is 1. The van der Waals surface area contributed by atoms with Crippen molar-refractivity contribution < 1.29 is 24.5 Å². The van der Waals surface area contributed by atoms with Crippen LogP contribution in [0.2, 0.25) is 0 Å². The Bertz CT molecular complexity index is 1670. The fraction of sp³-hybridized carbons (Fsp3) is 0.219. The molecule has 0 aliphatic carbocycles. The third-order valence-electron chi connectivity index (χ3n) is 7.18. The van der Waals surface area contributed by atoms with Gasteiger partial charge < -0.3 is 25.0 Å². The van der Waals surface area contributed by atoms with E-state index in [1.54, 1.807) is 47.3 Å². The average molecular weight is 611 g/mol. The van der Waals surface area contributed by atoms with Gasteiger partial charge in [0.1, 0.15) is 5.75 Å². The maximum Gasteiger partial charge on any atom is 0.253 e. The summed E-state index contributed by atoms with van der Waals surface area (Å²) in [4.78, 5) is 16.4. The van der Waals surface area contributed by atoms with Gasteiger partial charge in [-0.15, -0.1) is 5.10 Å². The summed E-state index contributed by atoms with van der Waals surface area (Å²) in [5, 5.41) is 34.8. The first-order valence-electron chi connectivity index (χ1n) is 14.0. The molecule has 3 heterocycles. The number of phenols is 1.